The zero-order valence-corrected chi connectivity index (χ0v) is 8.70. The fourth-order valence-electron chi connectivity index (χ4n) is 0.317. The zero-order valence-electron chi connectivity index (χ0n) is 5.53. The van der Waals surface area contributed by atoms with Crippen molar-refractivity contribution < 1.29 is 9.90 Å². The molecule has 1 unspecified atom stereocenters. The molecular weight excluding hydrogens is 266 g/mol. The Labute approximate surface area is 76.4 Å². The van der Waals surface area contributed by atoms with Crippen LogP contribution in [-0.4, -0.2) is 27.4 Å². The number of hydrogen-bond acceptors (Lipinski definition) is 2. The molecule has 60 valence electrons. The third kappa shape index (κ3) is 2.98. The van der Waals surface area contributed by atoms with Gasteiger partial charge in [-0.3, -0.25) is 4.79 Å². The summed E-state index contributed by atoms with van der Waals surface area (Å²) in [5.41, 5.74) is 0. The molecule has 3 nitrogen and oxygen atoms in total. The predicted octanol–water partition coefficient (Wildman–Crippen LogP) is 0.601. The van der Waals surface area contributed by atoms with E-state index in [4.69, 9.17) is 5.11 Å². The van der Waals surface area contributed by atoms with E-state index >= 15 is 0 Å². The van der Waals surface area contributed by atoms with Crippen LogP contribution in [-0.2, 0) is 4.79 Å². The summed E-state index contributed by atoms with van der Waals surface area (Å²) in [5, 5.41) is 11.1. The highest BCUT2D eigenvalue weighted by Crippen LogP contribution is 2.19. The smallest absolute Gasteiger partial charge is 0.239 e. The van der Waals surface area contributed by atoms with Crippen molar-refractivity contribution in [3.05, 3.63) is 0 Å². The highest BCUT2D eigenvalue weighted by molar-refractivity contribution is 9.12. The van der Waals surface area contributed by atoms with E-state index in [1.165, 1.54) is 0 Å². The molecule has 0 heterocycles. The van der Waals surface area contributed by atoms with Gasteiger partial charge in [0.15, 0.2) is 0 Å². The van der Waals surface area contributed by atoms with Crippen molar-refractivity contribution in [1.82, 2.24) is 5.32 Å². The summed E-state index contributed by atoms with van der Waals surface area (Å²) in [6, 6.07) is 0. The molecule has 0 rings (SSSR count). The van der Waals surface area contributed by atoms with E-state index in [1.807, 2.05) is 0 Å². The maximum Gasteiger partial charge on any atom is 0.239 e. The molecule has 0 spiro atoms. The second kappa shape index (κ2) is 4.31. The molecule has 0 radical (unpaired) electrons. The molecule has 0 aromatic carbocycles. The molecule has 1 atom stereocenters. The standard InChI is InChI=1S/C5H9Br2NO2/c1-5(7,2-6)4(10)8-3-9/h9H,2-3H2,1H3,(H,8,10). The van der Waals surface area contributed by atoms with Crippen LogP contribution in [0.4, 0.5) is 0 Å². The third-order valence-electron chi connectivity index (χ3n) is 0.964. The van der Waals surface area contributed by atoms with Crippen LogP contribution in [0.5, 0.6) is 0 Å². The first-order chi connectivity index (χ1) is 4.54. The number of halogens is 2. The molecule has 1 amide bonds. The van der Waals surface area contributed by atoms with Gasteiger partial charge in [0, 0.05) is 5.33 Å². The molecule has 5 heteroatoms. The monoisotopic (exact) mass is 273 g/mol. The first-order valence-corrected chi connectivity index (χ1v) is 4.60. The van der Waals surface area contributed by atoms with Crippen molar-refractivity contribution in [3.63, 3.8) is 0 Å². The lowest BCUT2D eigenvalue weighted by Crippen LogP contribution is -2.41. The first-order valence-electron chi connectivity index (χ1n) is 2.68. The van der Waals surface area contributed by atoms with Gasteiger partial charge in [0.25, 0.3) is 0 Å². The zero-order chi connectivity index (χ0) is 8.20. The van der Waals surface area contributed by atoms with Gasteiger partial charge in [-0.2, -0.15) is 0 Å². The van der Waals surface area contributed by atoms with Gasteiger partial charge in [0.2, 0.25) is 5.91 Å². The number of hydrogen-bond donors (Lipinski definition) is 2. The van der Waals surface area contributed by atoms with Crippen molar-refractivity contribution in [3.8, 4) is 0 Å². The number of aliphatic hydroxyl groups is 1. The number of rotatable bonds is 3. The van der Waals surface area contributed by atoms with Gasteiger partial charge in [-0.15, -0.1) is 0 Å². The second-order valence-corrected chi connectivity index (χ2v) is 4.31. The molecule has 0 fully saturated rings. The number of aliphatic hydroxyl groups excluding tert-OH is 1. The van der Waals surface area contributed by atoms with E-state index in [2.05, 4.69) is 37.2 Å². The SMILES string of the molecule is CC(Br)(CBr)C(=O)NCO. The van der Waals surface area contributed by atoms with Crippen LogP contribution in [0.15, 0.2) is 0 Å². The Balaban J connectivity index is 3.91. The molecule has 0 aromatic rings. The maximum atomic E-state index is 10.9. The van der Waals surface area contributed by atoms with Crippen LogP contribution < -0.4 is 5.32 Å². The Hall–Kier alpha value is 0.390. The highest BCUT2D eigenvalue weighted by Gasteiger charge is 2.27. The van der Waals surface area contributed by atoms with Gasteiger partial charge in [0.05, 0.1) is 0 Å². The number of alkyl halides is 2. The van der Waals surface area contributed by atoms with Crippen molar-refractivity contribution in [2.45, 2.75) is 11.2 Å². The van der Waals surface area contributed by atoms with Crippen molar-refractivity contribution >= 4 is 37.8 Å². The number of carbonyl (C=O) groups excluding carboxylic acids is 1. The van der Waals surface area contributed by atoms with Gasteiger partial charge in [-0.1, -0.05) is 31.9 Å². The summed E-state index contributed by atoms with van der Waals surface area (Å²) in [5.74, 6) is -0.230. The predicted molar refractivity (Wildman–Crippen MR) is 46.4 cm³/mol. The summed E-state index contributed by atoms with van der Waals surface area (Å²) in [6.07, 6.45) is 0. The van der Waals surface area contributed by atoms with E-state index < -0.39 is 4.32 Å². The Morgan fingerprint density at radius 2 is 2.30 bits per heavy atom. The molecule has 0 saturated heterocycles. The minimum Gasteiger partial charge on any atom is -0.377 e. The van der Waals surface area contributed by atoms with Crippen LogP contribution >= 0.6 is 31.9 Å². The molecule has 0 aromatic heterocycles. The van der Waals surface area contributed by atoms with Crippen molar-refractivity contribution in [1.29, 1.82) is 0 Å². The van der Waals surface area contributed by atoms with Gasteiger partial charge in [-0.05, 0) is 6.92 Å². The lowest BCUT2D eigenvalue weighted by molar-refractivity contribution is -0.123. The maximum absolute atomic E-state index is 10.9. The van der Waals surface area contributed by atoms with Crippen LogP contribution in [0.3, 0.4) is 0 Å². The summed E-state index contributed by atoms with van der Waals surface area (Å²) in [7, 11) is 0. The normalized spacial score (nSPS) is 16.0. The highest BCUT2D eigenvalue weighted by atomic mass is 79.9. The molecule has 0 aliphatic heterocycles. The summed E-state index contributed by atoms with van der Waals surface area (Å²) in [6.45, 7) is 1.39. The topological polar surface area (TPSA) is 49.3 Å². The van der Waals surface area contributed by atoms with Crippen LogP contribution in [0.1, 0.15) is 6.92 Å². The molecule has 0 saturated carbocycles. The summed E-state index contributed by atoms with van der Waals surface area (Å²) < 4.78 is -0.629. The minimum atomic E-state index is -0.629. The van der Waals surface area contributed by atoms with E-state index in [-0.39, 0.29) is 12.6 Å². The Kier molecular flexibility index (Phi) is 4.47. The average molecular weight is 275 g/mol. The van der Waals surface area contributed by atoms with Crippen LogP contribution in [0.2, 0.25) is 0 Å². The van der Waals surface area contributed by atoms with E-state index in [1.54, 1.807) is 6.92 Å². The fourth-order valence-corrected chi connectivity index (χ4v) is 0.712. The molecule has 0 aliphatic rings. The first kappa shape index (κ1) is 10.4. The fraction of sp³-hybridized carbons (Fsp3) is 0.800. The number of carbonyl (C=O) groups is 1. The van der Waals surface area contributed by atoms with E-state index in [0.29, 0.717) is 5.33 Å². The Morgan fingerprint density at radius 1 is 1.80 bits per heavy atom. The quantitative estimate of drug-likeness (QED) is 0.585. The molecule has 10 heavy (non-hydrogen) atoms. The summed E-state index contributed by atoms with van der Waals surface area (Å²) in [4.78, 5) is 10.9. The van der Waals surface area contributed by atoms with Crippen LogP contribution in [0.25, 0.3) is 0 Å². The van der Waals surface area contributed by atoms with E-state index in [0.717, 1.165) is 0 Å². The van der Waals surface area contributed by atoms with Crippen molar-refractivity contribution in [2.75, 3.05) is 12.1 Å². The molecule has 0 aliphatic carbocycles. The number of nitrogens with one attached hydrogen (secondary N) is 1. The van der Waals surface area contributed by atoms with Crippen molar-refractivity contribution in [2.24, 2.45) is 0 Å². The second-order valence-electron chi connectivity index (χ2n) is 2.00. The van der Waals surface area contributed by atoms with Gasteiger partial charge in [-0.25, -0.2) is 0 Å². The Morgan fingerprint density at radius 3 is 2.60 bits per heavy atom. The number of amides is 1. The minimum absolute atomic E-state index is 0.230. The third-order valence-corrected chi connectivity index (χ3v) is 3.48. The lowest BCUT2D eigenvalue weighted by Gasteiger charge is -2.16. The molecule has 2 N–H and O–H groups in total. The average Bonchev–Trinajstić information content (AvgIpc) is 1.89. The van der Waals surface area contributed by atoms with Crippen LogP contribution in [0, 0.1) is 0 Å². The molecular formula is C5H9Br2NO2. The molecule has 0 bridgehead atoms. The summed E-state index contributed by atoms with van der Waals surface area (Å²) >= 11 is 6.33. The van der Waals surface area contributed by atoms with Gasteiger partial charge < -0.3 is 10.4 Å². The lowest BCUT2D eigenvalue weighted by atomic mass is 10.2. The largest absolute Gasteiger partial charge is 0.377 e. The van der Waals surface area contributed by atoms with E-state index in [9.17, 15) is 4.79 Å². The van der Waals surface area contributed by atoms with Gasteiger partial charge in [0.1, 0.15) is 11.1 Å². The Bertz CT molecular complexity index is 127. The van der Waals surface area contributed by atoms with Gasteiger partial charge >= 0.3 is 0 Å².